The summed E-state index contributed by atoms with van der Waals surface area (Å²) in [7, 11) is 0. The Hall–Kier alpha value is -2.67. The molecule has 1 amide bonds. The van der Waals surface area contributed by atoms with Gasteiger partial charge in [0, 0.05) is 12.2 Å². The van der Waals surface area contributed by atoms with Gasteiger partial charge in [0.15, 0.2) is 0 Å². The zero-order valence-corrected chi connectivity index (χ0v) is 14.0. The molecule has 1 aliphatic heterocycles. The number of anilines is 1. The molecule has 1 N–H and O–H groups in total. The van der Waals surface area contributed by atoms with E-state index in [0.29, 0.717) is 17.9 Å². The first-order valence-corrected chi connectivity index (χ1v) is 8.31. The third-order valence-corrected chi connectivity index (χ3v) is 3.93. The van der Waals surface area contributed by atoms with E-state index < -0.39 is 12.5 Å². The third kappa shape index (κ3) is 4.92. The molecule has 1 aliphatic rings. The van der Waals surface area contributed by atoms with Crippen LogP contribution in [0.5, 0.6) is 11.5 Å². The zero-order valence-electron chi connectivity index (χ0n) is 14.0. The van der Waals surface area contributed by atoms with Gasteiger partial charge in [0.1, 0.15) is 18.1 Å². The Labute approximate surface area is 149 Å². The molecule has 2 aromatic rings. The van der Waals surface area contributed by atoms with Crippen LogP contribution in [-0.2, 0) is 4.74 Å². The first kappa shape index (κ1) is 18.1. The van der Waals surface area contributed by atoms with Crippen molar-refractivity contribution in [3.8, 4) is 11.5 Å². The number of carbonyl (C=O) groups excluding carboxylic acids is 1. The molecule has 1 unspecified atom stereocenters. The summed E-state index contributed by atoms with van der Waals surface area (Å²) in [5.41, 5.74) is 0.554. The monoisotopic (exact) mass is 363 g/mol. The van der Waals surface area contributed by atoms with Crippen LogP contribution in [0.3, 0.4) is 0 Å². The number of alkyl halides is 2. The zero-order chi connectivity index (χ0) is 18.4. The first-order chi connectivity index (χ1) is 12.6. The van der Waals surface area contributed by atoms with Gasteiger partial charge in [-0.3, -0.25) is 4.79 Å². The molecule has 3 rings (SSSR count). The van der Waals surface area contributed by atoms with Crippen LogP contribution in [-0.4, -0.2) is 31.8 Å². The van der Waals surface area contributed by atoms with Gasteiger partial charge in [0.05, 0.1) is 11.8 Å². The predicted octanol–water partition coefficient (Wildman–Crippen LogP) is 4.10. The van der Waals surface area contributed by atoms with E-state index in [2.05, 4.69) is 10.1 Å². The van der Waals surface area contributed by atoms with Gasteiger partial charge in [0.25, 0.3) is 5.91 Å². The van der Waals surface area contributed by atoms with Crippen LogP contribution >= 0.6 is 0 Å². The number of hydrogen-bond acceptors (Lipinski definition) is 4. The Balaban J connectivity index is 1.59. The van der Waals surface area contributed by atoms with E-state index in [4.69, 9.17) is 9.47 Å². The van der Waals surface area contributed by atoms with Crippen molar-refractivity contribution in [2.45, 2.75) is 25.6 Å². The van der Waals surface area contributed by atoms with Crippen molar-refractivity contribution in [3.63, 3.8) is 0 Å². The van der Waals surface area contributed by atoms with Crippen LogP contribution in [0.4, 0.5) is 14.5 Å². The van der Waals surface area contributed by atoms with Crippen molar-refractivity contribution >= 4 is 11.6 Å². The lowest BCUT2D eigenvalue weighted by molar-refractivity contribution is -0.0493. The van der Waals surface area contributed by atoms with Gasteiger partial charge in [-0.05, 0) is 49.2 Å². The molecular weight excluding hydrogens is 344 g/mol. The number of ether oxygens (including phenoxy) is 3. The standard InChI is InChI=1S/C19H19F2NO4/c20-19(21)26-17-6-2-1-5-16(17)22-18(23)13-7-9-14(10-8-13)25-12-15-4-3-11-24-15/h1-2,5-10,15,19H,3-4,11-12H2,(H,22,23). The van der Waals surface area contributed by atoms with Gasteiger partial charge in [-0.1, -0.05) is 12.1 Å². The van der Waals surface area contributed by atoms with Crippen molar-refractivity contribution in [2.75, 3.05) is 18.5 Å². The minimum absolute atomic E-state index is 0.0904. The van der Waals surface area contributed by atoms with Gasteiger partial charge in [-0.15, -0.1) is 0 Å². The van der Waals surface area contributed by atoms with E-state index in [9.17, 15) is 13.6 Å². The summed E-state index contributed by atoms with van der Waals surface area (Å²) in [5.74, 6) is 0.117. The van der Waals surface area contributed by atoms with Crippen molar-refractivity contribution < 1.29 is 27.8 Å². The highest BCUT2D eigenvalue weighted by molar-refractivity contribution is 6.05. The topological polar surface area (TPSA) is 56.8 Å². The van der Waals surface area contributed by atoms with Crippen molar-refractivity contribution in [1.82, 2.24) is 0 Å². The quantitative estimate of drug-likeness (QED) is 0.805. The SMILES string of the molecule is O=C(Nc1ccccc1OC(F)F)c1ccc(OCC2CCCO2)cc1. The smallest absolute Gasteiger partial charge is 0.387 e. The Bertz CT molecular complexity index is 731. The number of benzene rings is 2. The highest BCUT2D eigenvalue weighted by Gasteiger charge is 2.16. The number of nitrogens with one attached hydrogen (secondary N) is 1. The number of rotatable bonds is 7. The predicted molar refractivity (Wildman–Crippen MR) is 91.9 cm³/mol. The molecule has 0 spiro atoms. The number of amides is 1. The molecule has 1 atom stereocenters. The lowest BCUT2D eigenvalue weighted by atomic mass is 10.2. The van der Waals surface area contributed by atoms with Gasteiger partial charge in [-0.25, -0.2) is 0 Å². The van der Waals surface area contributed by atoms with Crippen LogP contribution < -0.4 is 14.8 Å². The molecule has 2 aromatic carbocycles. The van der Waals surface area contributed by atoms with Crippen LogP contribution in [0.1, 0.15) is 23.2 Å². The van der Waals surface area contributed by atoms with Crippen LogP contribution in [0.25, 0.3) is 0 Å². The molecule has 0 aromatic heterocycles. The molecule has 7 heteroatoms. The Morgan fingerprint density at radius 3 is 2.65 bits per heavy atom. The average Bonchev–Trinajstić information content (AvgIpc) is 3.15. The lowest BCUT2D eigenvalue weighted by Gasteiger charge is -2.13. The molecule has 138 valence electrons. The average molecular weight is 363 g/mol. The minimum atomic E-state index is -2.96. The first-order valence-electron chi connectivity index (χ1n) is 8.31. The van der Waals surface area contributed by atoms with E-state index in [0.717, 1.165) is 19.4 Å². The summed E-state index contributed by atoms with van der Waals surface area (Å²) in [4.78, 5) is 12.3. The van der Waals surface area contributed by atoms with E-state index in [1.807, 2.05) is 0 Å². The number of para-hydroxylation sites is 2. The largest absolute Gasteiger partial charge is 0.491 e. The number of carbonyl (C=O) groups is 1. The Kier molecular flexibility index (Phi) is 6.01. The van der Waals surface area contributed by atoms with Gasteiger partial charge in [0.2, 0.25) is 0 Å². The molecule has 0 saturated carbocycles. The molecule has 1 fully saturated rings. The van der Waals surface area contributed by atoms with Crippen LogP contribution in [0.15, 0.2) is 48.5 Å². The summed E-state index contributed by atoms with van der Waals surface area (Å²) in [5, 5.41) is 2.57. The van der Waals surface area contributed by atoms with Gasteiger partial charge in [-0.2, -0.15) is 8.78 Å². The van der Waals surface area contributed by atoms with Crippen molar-refractivity contribution in [1.29, 1.82) is 0 Å². The fourth-order valence-electron chi connectivity index (χ4n) is 2.63. The van der Waals surface area contributed by atoms with E-state index in [-0.39, 0.29) is 17.5 Å². The summed E-state index contributed by atoms with van der Waals surface area (Å²) in [6, 6.07) is 12.6. The number of hydrogen-bond donors (Lipinski definition) is 1. The molecule has 0 radical (unpaired) electrons. The minimum Gasteiger partial charge on any atom is -0.491 e. The van der Waals surface area contributed by atoms with Crippen molar-refractivity contribution in [3.05, 3.63) is 54.1 Å². The van der Waals surface area contributed by atoms with Gasteiger partial charge < -0.3 is 19.5 Å². The van der Waals surface area contributed by atoms with Gasteiger partial charge >= 0.3 is 6.61 Å². The maximum Gasteiger partial charge on any atom is 0.387 e. The summed E-state index contributed by atoms with van der Waals surface area (Å²) < 4.78 is 40.4. The van der Waals surface area contributed by atoms with E-state index in [1.54, 1.807) is 36.4 Å². The van der Waals surface area contributed by atoms with E-state index >= 15 is 0 Å². The second-order valence-corrected chi connectivity index (χ2v) is 5.80. The molecule has 0 aliphatic carbocycles. The third-order valence-electron chi connectivity index (χ3n) is 3.93. The molecular formula is C19H19F2NO4. The molecule has 26 heavy (non-hydrogen) atoms. The molecule has 5 nitrogen and oxygen atoms in total. The fraction of sp³-hybridized carbons (Fsp3) is 0.316. The Morgan fingerprint density at radius 2 is 1.96 bits per heavy atom. The molecule has 1 heterocycles. The summed E-state index contributed by atoms with van der Waals surface area (Å²) >= 11 is 0. The second-order valence-electron chi connectivity index (χ2n) is 5.80. The summed E-state index contributed by atoms with van der Waals surface area (Å²) in [6.07, 6.45) is 2.15. The number of halogens is 2. The highest BCUT2D eigenvalue weighted by atomic mass is 19.3. The van der Waals surface area contributed by atoms with E-state index in [1.165, 1.54) is 12.1 Å². The maximum absolute atomic E-state index is 12.4. The second kappa shape index (κ2) is 8.62. The highest BCUT2D eigenvalue weighted by Crippen LogP contribution is 2.26. The normalized spacial score (nSPS) is 16.5. The summed E-state index contributed by atoms with van der Waals surface area (Å²) in [6.45, 7) is -1.72. The van der Waals surface area contributed by atoms with Crippen LogP contribution in [0.2, 0.25) is 0 Å². The molecule has 1 saturated heterocycles. The lowest BCUT2D eigenvalue weighted by Crippen LogP contribution is -2.16. The molecule has 0 bridgehead atoms. The van der Waals surface area contributed by atoms with Crippen molar-refractivity contribution in [2.24, 2.45) is 0 Å². The fourth-order valence-corrected chi connectivity index (χ4v) is 2.63. The maximum atomic E-state index is 12.4. The van der Waals surface area contributed by atoms with Crippen LogP contribution in [0, 0.1) is 0 Å². The Morgan fingerprint density at radius 1 is 1.19 bits per heavy atom.